The van der Waals surface area contributed by atoms with Crippen LogP contribution in [0.2, 0.25) is 0 Å². The number of halogens is 2. The molecular formula is C4H10Br2GeO2. The van der Waals surface area contributed by atoms with Crippen molar-refractivity contribution < 1.29 is 9.47 Å². The molecule has 0 aromatic rings. The second-order valence-electron chi connectivity index (χ2n) is 1.33. The van der Waals surface area contributed by atoms with Crippen LogP contribution in [-0.2, 0) is 9.47 Å². The van der Waals surface area contributed by atoms with Crippen LogP contribution < -0.4 is 0 Å². The molecule has 1 fully saturated rings. The molecule has 0 N–H and O–H groups in total. The Hall–Kier alpha value is 1.42. The van der Waals surface area contributed by atoms with Gasteiger partial charge in [0, 0.05) is 0 Å². The zero-order chi connectivity index (χ0) is 6.95. The van der Waals surface area contributed by atoms with E-state index in [1.54, 1.807) is 0 Å². The molecule has 0 radical (unpaired) electrons. The summed E-state index contributed by atoms with van der Waals surface area (Å²) in [5.74, 6) is 0. The van der Waals surface area contributed by atoms with Crippen LogP contribution in [0.25, 0.3) is 0 Å². The molecule has 0 spiro atoms. The van der Waals surface area contributed by atoms with E-state index in [1.165, 1.54) is 0 Å². The Balaban J connectivity index is 0.000000187. The molecule has 9 heavy (non-hydrogen) atoms. The molecule has 0 atom stereocenters. The summed E-state index contributed by atoms with van der Waals surface area (Å²) < 4.78 is 9.89. The van der Waals surface area contributed by atoms with E-state index in [4.69, 9.17) is 9.47 Å². The first-order chi connectivity index (χ1) is 4.41. The first-order valence-electron chi connectivity index (χ1n) is 2.69. The third-order valence-corrected chi connectivity index (χ3v) is 0.744. The fraction of sp³-hybridized carbons (Fsp3) is 1.00. The monoisotopic (exact) mass is 322 g/mol. The quantitative estimate of drug-likeness (QED) is 0.615. The maximum absolute atomic E-state index is 4.94. The van der Waals surface area contributed by atoms with Crippen molar-refractivity contribution in [2.24, 2.45) is 0 Å². The van der Waals surface area contributed by atoms with Gasteiger partial charge in [-0.3, -0.25) is 0 Å². The third-order valence-electron chi connectivity index (χ3n) is 0.744. The van der Waals surface area contributed by atoms with E-state index in [0.717, 1.165) is 26.4 Å². The number of hydrogen-bond acceptors (Lipinski definition) is 2. The van der Waals surface area contributed by atoms with Crippen molar-refractivity contribution in [3.05, 3.63) is 0 Å². The second-order valence-corrected chi connectivity index (χ2v) is 15.4. The van der Waals surface area contributed by atoms with Crippen LogP contribution in [0.15, 0.2) is 0 Å². The van der Waals surface area contributed by atoms with E-state index < -0.39 is 0 Å². The van der Waals surface area contributed by atoms with Gasteiger partial charge in [0.05, 0.1) is 26.4 Å². The number of rotatable bonds is 0. The predicted octanol–water partition coefficient (Wildman–Crippen LogP) is 0.808. The summed E-state index contributed by atoms with van der Waals surface area (Å²) in [7, 11) is 0. The van der Waals surface area contributed by atoms with Crippen molar-refractivity contribution in [3.63, 3.8) is 0 Å². The van der Waals surface area contributed by atoms with Gasteiger partial charge in [-0.2, -0.15) is 0 Å². The summed E-state index contributed by atoms with van der Waals surface area (Å²) >= 11 is 6.25. The molecule has 0 amide bonds. The van der Waals surface area contributed by atoms with Crippen LogP contribution >= 0.6 is 28.0 Å². The maximum atomic E-state index is 4.94. The van der Waals surface area contributed by atoms with Crippen LogP contribution in [-0.4, -0.2) is 38.2 Å². The number of hydrogen-bond donors (Lipinski definition) is 0. The average molecular weight is 323 g/mol. The van der Waals surface area contributed by atoms with Crippen molar-refractivity contribution >= 4 is 39.8 Å². The molecule has 0 aliphatic carbocycles. The van der Waals surface area contributed by atoms with Crippen molar-refractivity contribution in [1.82, 2.24) is 0 Å². The van der Waals surface area contributed by atoms with Gasteiger partial charge in [0.2, 0.25) is 0 Å². The summed E-state index contributed by atoms with van der Waals surface area (Å²) in [4.78, 5) is 0. The molecule has 0 aromatic carbocycles. The van der Waals surface area contributed by atoms with Crippen LogP contribution in [0.4, 0.5) is 0 Å². The first kappa shape index (κ1) is 10.4. The van der Waals surface area contributed by atoms with Crippen molar-refractivity contribution in [2.75, 3.05) is 26.4 Å². The van der Waals surface area contributed by atoms with Gasteiger partial charge < -0.3 is 9.47 Å². The Labute approximate surface area is 75.4 Å². The Morgan fingerprint density at radius 1 is 0.889 bits per heavy atom. The van der Waals surface area contributed by atoms with Crippen LogP contribution in [0.1, 0.15) is 0 Å². The fourth-order valence-corrected chi connectivity index (χ4v) is 0.440. The predicted molar refractivity (Wildman–Crippen MR) is 48.0 cm³/mol. The van der Waals surface area contributed by atoms with E-state index in [2.05, 4.69) is 28.0 Å². The second kappa shape index (κ2) is 9.42. The van der Waals surface area contributed by atoms with Gasteiger partial charge >= 0.3 is 39.8 Å². The van der Waals surface area contributed by atoms with Gasteiger partial charge in [0.25, 0.3) is 0 Å². The van der Waals surface area contributed by atoms with Crippen LogP contribution in [0.5, 0.6) is 0 Å². The zero-order valence-electron chi connectivity index (χ0n) is 5.11. The minimum absolute atomic E-state index is 0.250. The average Bonchev–Trinajstić information content (AvgIpc) is 1.93. The molecule has 1 rings (SSSR count). The van der Waals surface area contributed by atoms with Gasteiger partial charge in [-0.1, -0.05) is 0 Å². The Bertz CT molecular complexity index is 40.3. The van der Waals surface area contributed by atoms with E-state index in [0.29, 0.717) is 0 Å². The molecule has 2 nitrogen and oxygen atoms in total. The van der Waals surface area contributed by atoms with E-state index >= 15 is 0 Å². The van der Waals surface area contributed by atoms with Crippen molar-refractivity contribution in [3.8, 4) is 0 Å². The summed E-state index contributed by atoms with van der Waals surface area (Å²) in [5.41, 5.74) is 0. The first-order valence-corrected chi connectivity index (χ1v) is 16.6. The summed E-state index contributed by atoms with van der Waals surface area (Å²) in [6.45, 7) is 3.11. The molecule has 56 valence electrons. The zero-order valence-corrected chi connectivity index (χ0v) is 11.2. The molecule has 1 aliphatic heterocycles. The molecule has 1 saturated heterocycles. The van der Waals surface area contributed by atoms with Gasteiger partial charge in [-0.05, 0) is 0 Å². The summed E-state index contributed by atoms with van der Waals surface area (Å²) in [6.07, 6.45) is 0. The SMILES string of the molecule is C1COCCO1.[Br][GeH2][Br]. The topological polar surface area (TPSA) is 18.5 Å². The Morgan fingerprint density at radius 2 is 1.11 bits per heavy atom. The minimum atomic E-state index is -0.250. The molecule has 1 heterocycles. The standard InChI is InChI=1S/C4H8O2.Br2GeH2/c1-2-6-4-3-5-1;1-3-2/h1-4H2;3H2. The summed E-state index contributed by atoms with van der Waals surface area (Å²) in [5, 5.41) is 0. The van der Waals surface area contributed by atoms with Gasteiger partial charge in [-0.25, -0.2) is 0 Å². The van der Waals surface area contributed by atoms with Gasteiger partial charge in [0.15, 0.2) is 0 Å². The summed E-state index contributed by atoms with van der Waals surface area (Å²) in [6, 6.07) is 0. The molecule has 5 heteroatoms. The van der Waals surface area contributed by atoms with Crippen molar-refractivity contribution in [1.29, 1.82) is 0 Å². The van der Waals surface area contributed by atoms with E-state index in [1.807, 2.05) is 0 Å². The normalized spacial score (nSPS) is 18.0. The number of ether oxygens (including phenoxy) is 2. The van der Waals surface area contributed by atoms with E-state index in [-0.39, 0.29) is 11.7 Å². The Kier molecular flexibility index (Phi) is 10.9. The third kappa shape index (κ3) is 9.42. The molecule has 0 bridgehead atoms. The van der Waals surface area contributed by atoms with Crippen LogP contribution in [0, 0.1) is 0 Å². The van der Waals surface area contributed by atoms with Gasteiger partial charge in [-0.15, -0.1) is 0 Å². The fourth-order valence-electron chi connectivity index (χ4n) is 0.440. The van der Waals surface area contributed by atoms with Gasteiger partial charge in [0.1, 0.15) is 0 Å². The molecule has 0 unspecified atom stereocenters. The van der Waals surface area contributed by atoms with Crippen molar-refractivity contribution in [2.45, 2.75) is 0 Å². The molecule has 0 saturated carbocycles. The molecule has 0 aromatic heterocycles. The van der Waals surface area contributed by atoms with E-state index in [9.17, 15) is 0 Å². The molecular weight excluding hydrogens is 312 g/mol. The Morgan fingerprint density at radius 3 is 1.22 bits per heavy atom. The molecule has 1 aliphatic rings. The van der Waals surface area contributed by atoms with Crippen LogP contribution in [0.3, 0.4) is 0 Å².